The van der Waals surface area contributed by atoms with Crippen molar-refractivity contribution in [1.82, 2.24) is 25.4 Å². The summed E-state index contributed by atoms with van der Waals surface area (Å²) in [6, 6.07) is 6.64. The van der Waals surface area contributed by atoms with Crippen LogP contribution >= 0.6 is 24.0 Å². The van der Waals surface area contributed by atoms with Gasteiger partial charge in [0, 0.05) is 39.0 Å². The van der Waals surface area contributed by atoms with Crippen LogP contribution in [0, 0.1) is 5.82 Å². The van der Waals surface area contributed by atoms with E-state index >= 15 is 0 Å². The van der Waals surface area contributed by atoms with Gasteiger partial charge in [0.1, 0.15) is 17.5 Å². The number of rotatable bonds is 8. The van der Waals surface area contributed by atoms with Gasteiger partial charge in [-0.3, -0.25) is 4.99 Å². The molecule has 0 saturated carbocycles. The highest BCUT2D eigenvalue weighted by atomic mass is 127. The summed E-state index contributed by atoms with van der Waals surface area (Å²) in [5.74, 6) is 2.87. The van der Waals surface area contributed by atoms with Crippen LogP contribution in [0.4, 0.5) is 4.39 Å². The van der Waals surface area contributed by atoms with Crippen LogP contribution < -0.4 is 10.6 Å². The summed E-state index contributed by atoms with van der Waals surface area (Å²) in [7, 11) is 0. The molecule has 3 rings (SSSR count). The maximum atomic E-state index is 13.0. The van der Waals surface area contributed by atoms with E-state index in [-0.39, 0.29) is 29.8 Å². The Kier molecular flexibility index (Phi) is 10.4. The van der Waals surface area contributed by atoms with Gasteiger partial charge in [-0.15, -0.1) is 34.2 Å². The molecule has 6 nitrogen and oxygen atoms in total. The molecule has 0 amide bonds. The van der Waals surface area contributed by atoms with Crippen molar-refractivity contribution in [1.29, 1.82) is 0 Å². The topological polar surface area (TPSA) is 67.1 Å². The molecule has 8 heteroatoms. The highest BCUT2D eigenvalue weighted by Gasteiger charge is 2.13. The Balaban J connectivity index is 0.00000300. The maximum Gasteiger partial charge on any atom is 0.191 e. The molecular weight excluding hydrogens is 482 g/mol. The lowest BCUT2D eigenvalue weighted by molar-refractivity contribution is 0.597. The lowest BCUT2D eigenvalue weighted by Crippen LogP contribution is -2.38. The molecule has 0 unspecified atom stereocenters. The fourth-order valence-electron chi connectivity index (χ4n) is 3.48. The Morgan fingerprint density at radius 1 is 1.10 bits per heavy atom. The normalized spacial score (nSPS) is 13.9. The zero-order valence-electron chi connectivity index (χ0n) is 17.2. The molecule has 0 fully saturated rings. The Morgan fingerprint density at radius 2 is 1.93 bits per heavy atom. The molecule has 0 atom stereocenters. The SMILES string of the molecule is CCNC(=NCCCc1nnc2n1CCCCC2)NCCc1ccc(F)cc1.I. The van der Waals surface area contributed by atoms with Crippen molar-refractivity contribution in [2.24, 2.45) is 4.99 Å². The van der Waals surface area contributed by atoms with Crippen molar-refractivity contribution in [3.63, 3.8) is 0 Å². The number of aryl methyl sites for hydroxylation is 2. The lowest BCUT2D eigenvalue weighted by Gasteiger charge is -2.11. The van der Waals surface area contributed by atoms with Crippen molar-refractivity contribution in [2.45, 2.75) is 58.4 Å². The fourth-order valence-corrected chi connectivity index (χ4v) is 3.48. The molecule has 1 aromatic heterocycles. The summed E-state index contributed by atoms with van der Waals surface area (Å²) >= 11 is 0. The zero-order chi connectivity index (χ0) is 19.6. The summed E-state index contributed by atoms with van der Waals surface area (Å²) in [6.07, 6.45) is 7.46. The Bertz CT molecular complexity index is 759. The number of nitrogens with one attached hydrogen (secondary N) is 2. The van der Waals surface area contributed by atoms with E-state index in [2.05, 4.69) is 37.3 Å². The molecule has 1 aromatic carbocycles. The van der Waals surface area contributed by atoms with E-state index in [4.69, 9.17) is 0 Å². The summed E-state index contributed by atoms with van der Waals surface area (Å²) < 4.78 is 15.3. The van der Waals surface area contributed by atoms with Crippen molar-refractivity contribution in [3.05, 3.63) is 47.3 Å². The summed E-state index contributed by atoms with van der Waals surface area (Å²) in [4.78, 5) is 4.67. The van der Waals surface area contributed by atoms with E-state index in [0.29, 0.717) is 0 Å². The van der Waals surface area contributed by atoms with Crippen LogP contribution in [0.25, 0.3) is 0 Å². The first-order chi connectivity index (χ1) is 13.8. The largest absolute Gasteiger partial charge is 0.357 e. The quantitative estimate of drug-likeness (QED) is 0.245. The van der Waals surface area contributed by atoms with E-state index in [1.165, 1.54) is 31.4 Å². The molecule has 0 saturated heterocycles. The van der Waals surface area contributed by atoms with E-state index in [9.17, 15) is 4.39 Å². The van der Waals surface area contributed by atoms with Crippen LogP contribution in [0.15, 0.2) is 29.3 Å². The standard InChI is InChI=1S/C21H31FN6.HI/c1-2-23-21(25-15-13-17-9-11-18(22)12-10-17)24-14-6-8-20-27-26-19-7-4-3-5-16-28(19)20;/h9-12H,2-8,13-16H2,1H3,(H2,23,24,25);1H. The smallest absolute Gasteiger partial charge is 0.191 e. The number of hydrogen-bond donors (Lipinski definition) is 2. The van der Waals surface area contributed by atoms with Gasteiger partial charge in [-0.2, -0.15) is 0 Å². The van der Waals surface area contributed by atoms with Gasteiger partial charge in [-0.05, 0) is 50.3 Å². The van der Waals surface area contributed by atoms with E-state index in [0.717, 1.165) is 75.0 Å². The van der Waals surface area contributed by atoms with E-state index < -0.39 is 0 Å². The van der Waals surface area contributed by atoms with Gasteiger partial charge in [0.2, 0.25) is 0 Å². The van der Waals surface area contributed by atoms with E-state index in [1.54, 1.807) is 0 Å². The monoisotopic (exact) mass is 514 g/mol. The Hall–Kier alpha value is -1.71. The van der Waals surface area contributed by atoms with Gasteiger partial charge in [0.25, 0.3) is 0 Å². The third-order valence-electron chi connectivity index (χ3n) is 4.98. The maximum absolute atomic E-state index is 13.0. The van der Waals surface area contributed by atoms with Gasteiger partial charge in [0.15, 0.2) is 5.96 Å². The van der Waals surface area contributed by atoms with Gasteiger partial charge in [-0.25, -0.2) is 4.39 Å². The molecule has 0 bridgehead atoms. The average Bonchev–Trinajstić information content (AvgIpc) is 2.93. The fraction of sp³-hybridized carbons (Fsp3) is 0.571. The number of guanidine groups is 1. The molecule has 0 aliphatic carbocycles. The highest BCUT2D eigenvalue weighted by Crippen LogP contribution is 2.15. The summed E-state index contributed by atoms with van der Waals surface area (Å²) in [5, 5.41) is 15.4. The molecule has 2 N–H and O–H groups in total. The van der Waals surface area contributed by atoms with Crippen LogP contribution in [-0.2, 0) is 25.8 Å². The second-order valence-corrected chi connectivity index (χ2v) is 7.16. The van der Waals surface area contributed by atoms with Crippen LogP contribution in [0.5, 0.6) is 0 Å². The molecule has 2 aromatic rings. The Labute approximate surface area is 189 Å². The molecule has 2 heterocycles. The molecule has 1 aliphatic heterocycles. The molecule has 1 aliphatic rings. The number of hydrogen-bond acceptors (Lipinski definition) is 3. The number of aromatic nitrogens is 3. The molecule has 0 spiro atoms. The predicted molar refractivity (Wildman–Crippen MR) is 125 cm³/mol. The minimum Gasteiger partial charge on any atom is -0.357 e. The first kappa shape index (κ1) is 23.6. The number of aliphatic imine (C=N–C) groups is 1. The van der Waals surface area contributed by atoms with Gasteiger partial charge in [0.05, 0.1) is 0 Å². The minimum absolute atomic E-state index is 0. The minimum atomic E-state index is -0.198. The Morgan fingerprint density at radius 3 is 2.72 bits per heavy atom. The third kappa shape index (κ3) is 7.56. The molecule has 160 valence electrons. The van der Waals surface area contributed by atoms with Crippen molar-refractivity contribution >= 4 is 29.9 Å². The van der Waals surface area contributed by atoms with Gasteiger partial charge < -0.3 is 15.2 Å². The van der Waals surface area contributed by atoms with Crippen LogP contribution in [-0.4, -0.2) is 40.4 Å². The summed E-state index contributed by atoms with van der Waals surface area (Å²) in [6.45, 7) is 5.43. The second-order valence-electron chi connectivity index (χ2n) is 7.16. The van der Waals surface area contributed by atoms with Crippen LogP contribution in [0.3, 0.4) is 0 Å². The predicted octanol–water partition coefficient (Wildman–Crippen LogP) is 3.49. The zero-order valence-corrected chi connectivity index (χ0v) is 19.5. The first-order valence-corrected chi connectivity index (χ1v) is 10.4. The number of halogens is 2. The molecule has 0 radical (unpaired) electrons. The number of fused-ring (bicyclic) bond motifs is 1. The summed E-state index contributed by atoms with van der Waals surface area (Å²) in [5.41, 5.74) is 1.11. The van der Waals surface area contributed by atoms with Gasteiger partial charge in [-0.1, -0.05) is 18.6 Å². The number of nitrogens with zero attached hydrogens (tertiary/aromatic N) is 4. The second kappa shape index (κ2) is 12.8. The highest BCUT2D eigenvalue weighted by molar-refractivity contribution is 14.0. The van der Waals surface area contributed by atoms with Crippen molar-refractivity contribution in [2.75, 3.05) is 19.6 Å². The first-order valence-electron chi connectivity index (χ1n) is 10.4. The lowest BCUT2D eigenvalue weighted by atomic mass is 10.1. The van der Waals surface area contributed by atoms with Gasteiger partial charge >= 0.3 is 0 Å². The van der Waals surface area contributed by atoms with Crippen LogP contribution in [0.1, 0.15) is 49.8 Å². The average molecular weight is 514 g/mol. The molecule has 29 heavy (non-hydrogen) atoms. The van der Waals surface area contributed by atoms with Crippen LogP contribution in [0.2, 0.25) is 0 Å². The molecular formula is C21H32FIN6. The van der Waals surface area contributed by atoms with E-state index in [1.807, 2.05) is 12.1 Å². The van der Waals surface area contributed by atoms with Crippen molar-refractivity contribution < 1.29 is 4.39 Å². The third-order valence-corrected chi connectivity index (χ3v) is 4.98. The number of benzene rings is 1. The van der Waals surface area contributed by atoms with Crippen molar-refractivity contribution in [3.8, 4) is 0 Å².